The van der Waals surface area contributed by atoms with Gasteiger partial charge >= 0.3 is 5.97 Å². The molecule has 0 spiro atoms. The molecule has 0 aromatic heterocycles. The topological polar surface area (TPSA) is 37.3 Å². The van der Waals surface area contributed by atoms with Crippen molar-refractivity contribution in [2.24, 2.45) is 11.8 Å². The zero-order valence-electron chi connectivity index (χ0n) is 8.24. The lowest BCUT2D eigenvalue weighted by molar-refractivity contribution is -0.146. The van der Waals surface area contributed by atoms with Crippen LogP contribution >= 0.6 is 0 Å². The third-order valence-electron chi connectivity index (χ3n) is 2.94. The molecule has 79 valence electrons. The summed E-state index contributed by atoms with van der Waals surface area (Å²) in [5, 5.41) is 8.70. The number of halogens is 1. The standard InChI is InChI=1S/C12H12FO2/c13-11-3-1-2-8(7-11)4-9-5-10(6-9)12(14)15/h1-2,7,9-10H,4-6H2,(H,14,15)/t9-,10-. The van der Waals surface area contributed by atoms with Gasteiger partial charge in [-0.15, -0.1) is 0 Å². The van der Waals surface area contributed by atoms with Gasteiger partial charge in [-0.2, -0.15) is 0 Å². The molecule has 0 saturated heterocycles. The van der Waals surface area contributed by atoms with Gasteiger partial charge in [-0.3, -0.25) is 4.79 Å². The van der Waals surface area contributed by atoms with Crippen LogP contribution < -0.4 is 0 Å². The van der Waals surface area contributed by atoms with Gasteiger partial charge in [-0.05, 0) is 36.8 Å². The predicted octanol–water partition coefficient (Wildman–Crippen LogP) is 2.28. The van der Waals surface area contributed by atoms with Crippen LogP contribution in [0.2, 0.25) is 0 Å². The Morgan fingerprint density at radius 1 is 1.60 bits per heavy atom. The van der Waals surface area contributed by atoms with Crippen molar-refractivity contribution in [2.75, 3.05) is 0 Å². The molecule has 1 aliphatic carbocycles. The summed E-state index contributed by atoms with van der Waals surface area (Å²) in [6, 6.07) is 7.31. The van der Waals surface area contributed by atoms with Crippen LogP contribution in [-0.2, 0) is 11.2 Å². The minimum Gasteiger partial charge on any atom is -0.481 e. The van der Waals surface area contributed by atoms with Crippen molar-refractivity contribution in [3.63, 3.8) is 0 Å². The minimum atomic E-state index is -0.709. The van der Waals surface area contributed by atoms with Crippen molar-refractivity contribution < 1.29 is 14.3 Å². The molecule has 2 rings (SSSR count). The third-order valence-corrected chi connectivity index (χ3v) is 2.94. The Morgan fingerprint density at radius 3 is 2.93 bits per heavy atom. The summed E-state index contributed by atoms with van der Waals surface area (Å²) < 4.78 is 12.8. The first-order valence-electron chi connectivity index (χ1n) is 5.04. The van der Waals surface area contributed by atoms with E-state index in [2.05, 4.69) is 6.07 Å². The number of benzene rings is 1. The van der Waals surface area contributed by atoms with E-state index in [1.807, 2.05) is 6.07 Å². The van der Waals surface area contributed by atoms with E-state index in [4.69, 9.17) is 5.11 Å². The quantitative estimate of drug-likeness (QED) is 0.825. The number of aliphatic carboxylic acids is 1. The van der Waals surface area contributed by atoms with E-state index in [9.17, 15) is 9.18 Å². The summed E-state index contributed by atoms with van der Waals surface area (Å²) >= 11 is 0. The van der Waals surface area contributed by atoms with E-state index in [1.54, 1.807) is 6.07 Å². The molecule has 3 heteroatoms. The monoisotopic (exact) mass is 207 g/mol. The first kappa shape index (κ1) is 10.1. The Hall–Kier alpha value is -1.38. The smallest absolute Gasteiger partial charge is 0.306 e. The van der Waals surface area contributed by atoms with Gasteiger partial charge in [-0.1, -0.05) is 12.1 Å². The highest BCUT2D eigenvalue weighted by Gasteiger charge is 2.34. The molecule has 1 N–H and O–H groups in total. The number of hydrogen-bond donors (Lipinski definition) is 1. The second kappa shape index (κ2) is 4.01. The molecule has 1 radical (unpaired) electrons. The zero-order valence-corrected chi connectivity index (χ0v) is 8.24. The fraction of sp³-hybridized carbons (Fsp3) is 0.417. The maximum atomic E-state index is 12.8. The Balaban J connectivity index is 1.87. The highest BCUT2D eigenvalue weighted by Crippen LogP contribution is 2.36. The highest BCUT2D eigenvalue weighted by atomic mass is 19.1. The van der Waals surface area contributed by atoms with E-state index in [0.717, 1.165) is 24.8 Å². The lowest BCUT2D eigenvalue weighted by Gasteiger charge is -2.32. The third kappa shape index (κ3) is 2.35. The Morgan fingerprint density at radius 2 is 2.33 bits per heavy atom. The lowest BCUT2D eigenvalue weighted by atomic mass is 9.72. The summed E-state index contributed by atoms with van der Waals surface area (Å²) in [6.45, 7) is 0. The largest absolute Gasteiger partial charge is 0.481 e. The SMILES string of the molecule is O=C(O)[C@H]1C[C@H](Cc2cc[c]c(F)c2)C1. The van der Waals surface area contributed by atoms with Crippen molar-refractivity contribution >= 4 is 5.97 Å². The van der Waals surface area contributed by atoms with Gasteiger partial charge in [0.05, 0.1) is 5.92 Å². The number of carboxylic acid groups (broad SMARTS) is 1. The molecule has 0 bridgehead atoms. The second-order valence-corrected chi connectivity index (χ2v) is 4.12. The molecule has 0 amide bonds. The van der Waals surface area contributed by atoms with Crippen molar-refractivity contribution in [3.05, 3.63) is 35.6 Å². The van der Waals surface area contributed by atoms with Gasteiger partial charge in [0, 0.05) is 6.07 Å². The van der Waals surface area contributed by atoms with E-state index in [-0.39, 0.29) is 11.7 Å². The van der Waals surface area contributed by atoms with E-state index in [0.29, 0.717) is 5.92 Å². The molecule has 0 aliphatic heterocycles. The number of rotatable bonds is 3. The number of carboxylic acids is 1. The average molecular weight is 207 g/mol. The summed E-state index contributed by atoms with van der Waals surface area (Å²) in [6.07, 6.45) is 2.21. The van der Waals surface area contributed by atoms with Crippen molar-refractivity contribution in [2.45, 2.75) is 19.3 Å². The lowest BCUT2D eigenvalue weighted by Crippen LogP contribution is -2.31. The molecule has 15 heavy (non-hydrogen) atoms. The van der Waals surface area contributed by atoms with Crippen molar-refractivity contribution in [3.8, 4) is 0 Å². The van der Waals surface area contributed by atoms with E-state index in [1.165, 1.54) is 6.07 Å². The van der Waals surface area contributed by atoms with Crippen LogP contribution in [-0.4, -0.2) is 11.1 Å². The highest BCUT2D eigenvalue weighted by molar-refractivity contribution is 5.71. The Labute approximate surface area is 87.7 Å². The van der Waals surface area contributed by atoms with Crippen LogP contribution in [0, 0.1) is 23.7 Å². The van der Waals surface area contributed by atoms with Gasteiger partial charge in [0.2, 0.25) is 0 Å². The molecule has 1 aromatic rings. The molecule has 1 aliphatic rings. The average Bonchev–Trinajstić information content (AvgIpc) is 2.10. The van der Waals surface area contributed by atoms with Crippen molar-refractivity contribution in [1.82, 2.24) is 0 Å². The van der Waals surface area contributed by atoms with Crippen LogP contribution in [0.4, 0.5) is 4.39 Å². The molecule has 0 atom stereocenters. The fourth-order valence-electron chi connectivity index (χ4n) is 2.05. The first-order chi connectivity index (χ1) is 7.15. The molecule has 1 saturated carbocycles. The second-order valence-electron chi connectivity index (χ2n) is 4.12. The summed E-state index contributed by atoms with van der Waals surface area (Å²) in [5.74, 6) is -0.844. The van der Waals surface area contributed by atoms with Crippen LogP contribution in [0.25, 0.3) is 0 Å². The normalized spacial score (nSPS) is 24.6. The molecule has 0 heterocycles. The maximum absolute atomic E-state index is 12.8. The summed E-state index contributed by atoms with van der Waals surface area (Å²) in [5.41, 5.74) is 0.931. The number of hydrogen-bond acceptors (Lipinski definition) is 1. The predicted molar refractivity (Wildman–Crippen MR) is 52.8 cm³/mol. The van der Waals surface area contributed by atoms with Gasteiger partial charge < -0.3 is 5.11 Å². The van der Waals surface area contributed by atoms with E-state index < -0.39 is 5.97 Å². The zero-order chi connectivity index (χ0) is 10.8. The number of carbonyl (C=O) groups is 1. The van der Waals surface area contributed by atoms with Crippen LogP contribution in [0.3, 0.4) is 0 Å². The Kier molecular flexibility index (Phi) is 2.71. The van der Waals surface area contributed by atoms with Gasteiger partial charge in [0.1, 0.15) is 5.82 Å². The molecular formula is C12H12FO2. The first-order valence-corrected chi connectivity index (χ1v) is 5.04. The van der Waals surface area contributed by atoms with Crippen LogP contribution in [0.1, 0.15) is 18.4 Å². The Bertz CT molecular complexity index is 370. The van der Waals surface area contributed by atoms with Gasteiger partial charge in [-0.25, -0.2) is 4.39 Å². The summed E-state index contributed by atoms with van der Waals surface area (Å²) in [7, 11) is 0. The maximum Gasteiger partial charge on any atom is 0.306 e. The molecular weight excluding hydrogens is 195 g/mol. The molecule has 0 unspecified atom stereocenters. The summed E-state index contributed by atoms with van der Waals surface area (Å²) in [4.78, 5) is 10.6. The van der Waals surface area contributed by atoms with Gasteiger partial charge in [0.15, 0.2) is 0 Å². The molecule has 2 nitrogen and oxygen atoms in total. The molecule has 1 aromatic carbocycles. The van der Waals surface area contributed by atoms with Crippen LogP contribution in [0.15, 0.2) is 18.2 Å². The fourth-order valence-corrected chi connectivity index (χ4v) is 2.05. The van der Waals surface area contributed by atoms with Crippen molar-refractivity contribution in [1.29, 1.82) is 0 Å². The minimum absolute atomic E-state index is 0.185. The molecule has 1 fully saturated rings. The van der Waals surface area contributed by atoms with E-state index >= 15 is 0 Å². The van der Waals surface area contributed by atoms with Gasteiger partial charge in [0.25, 0.3) is 0 Å². The van der Waals surface area contributed by atoms with Crippen LogP contribution in [0.5, 0.6) is 0 Å².